The van der Waals surface area contributed by atoms with Gasteiger partial charge in [0, 0.05) is 43.2 Å². The summed E-state index contributed by atoms with van der Waals surface area (Å²) >= 11 is 0. The Morgan fingerprint density at radius 2 is 2.00 bits per heavy atom. The highest BCUT2D eigenvalue weighted by atomic mass is 32.2. The lowest BCUT2D eigenvalue weighted by molar-refractivity contribution is -0.0679. The molecule has 28 heavy (non-hydrogen) atoms. The summed E-state index contributed by atoms with van der Waals surface area (Å²) in [6.45, 7) is 7.13. The second-order valence-corrected chi connectivity index (χ2v) is 8.98. The Bertz CT molecular complexity index is 858. The summed E-state index contributed by atoms with van der Waals surface area (Å²) < 4.78 is 39.1. The third kappa shape index (κ3) is 5.14. The van der Waals surface area contributed by atoms with Gasteiger partial charge in [-0.1, -0.05) is 0 Å². The SMILES string of the molecule is COc1cc(S(=O)(=O)NCCCN2C[C@@H](C)O[C@@H](C)C2)ccc1-c1ccc[nH]1. The topological polar surface area (TPSA) is 83.7 Å². The zero-order chi connectivity index (χ0) is 20.1. The van der Waals surface area contributed by atoms with E-state index in [1.54, 1.807) is 18.2 Å². The zero-order valence-corrected chi connectivity index (χ0v) is 17.5. The first-order valence-electron chi connectivity index (χ1n) is 9.58. The monoisotopic (exact) mass is 407 g/mol. The number of sulfonamides is 1. The van der Waals surface area contributed by atoms with Crippen LogP contribution < -0.4 is 9.46 Å². The molecule has 2 aromatic rings. The van der Waals surface area contributed by atoms with Crippen molar-refractivity contribution >= 4 is 10.0 Å². The van der Waals surface area contributed by atoms with E-state index < -0.39 is 10.0 Å². The van der Waals surface area contributed by atoms with Crippen LogP contribution in [0.15, 0.2) is 41.4 Å². The number of nitrogens with one attached hydrogen (secondary N) is 2. The van der Waals surface area contributed by atoms with Gasteiger partial charge in [-0.05, 0) is 51.1 Å². The number of aromatic amines is 1. The molecule has 1 aromatic carbocycles. The van der Waals surface area contributed by atoms with Gasteiger partial charge in [0.15, 0.2) is 0 Å². The van der Waals surface area contributed by atoms with Crippen molar-refractivity contribution in [2.45, 2.75) is 37.4 Å². The van der Waals surface area contributed by atoms with Crippen molar-refractivity contribution in [3.05, 3.63) is 36.5 Å². The summed E-state index contributed by atoms with van der Waals surface area (Å²) in [4.78, 5) is 5.63. The van der Waals surface area contributed by atoms with Gasteiger partial charge in [-0.15, -0.1) is 0 Å². The molecule has 154 valence electrons. The van der Waals surface area contributed by atoms with Gasteiger partial charge < -0.3 is 14.5 Å². The van der Waals surface area contributed by atoms with Crippen molar-refractivity contribution in [3.8, 4) is 17.0 Å². The maximum atomic E-state index is 12.6. The molecule has 0 saturated carbocycles. The molecule has 0 radical (unpaired) electrons. The minimum Gasteiger partial charge on any atom is -0.496 e. The lowest BCUT2D eigenvalue weighted by Crippen LogP contribution is -2.46. The van der Waals surface area contributed by atoms with E-state index in [1.807, 2.05) is 18.3 Å². The molecule has 3 rings (SSSR count). The minimum absolute atomic E-state index is 0.202. The van der Waals surface area contributed by atoms with Crippen LogP contribution >= 0.6 is 0 Å². The molecule has 2 N–H and O–H groups in total. The van der Waals surface area contributed by atoms with E-state index in [-0.39, 0.29) is 17.1 Å². The average Bonchev–Trinajstić information content (AvgIpc) is 3.18. The number of rotatable bonds is 8. The summed E-state index contributed by atoms with van der Waals surface area (Å²) in [5, 5.41) is 0. The molecule has 0 amide bonds. The van der Waals surface area contributed by atoms with Crippen LogP contribution in [-0.4, -0.2) is 63.8 Å². The number of benzene rings is 1. The van der Waals surface area contributed by atoms with Crippen molar-refractivity contribution < 1.29 is 17.9 Å². The quantitative estimate of drug-likeness (QED) is 0.657. The standard InChI is InChI=1S/C20H29N3O4S/c1-15-13-23(14-16(2)27-15)11-5-10-22-28(24,25)17-7-8-18(20(12-17)26-3)19-6-4-9-21-19/h4,6-9,12,15-16,21-22H,5,10-11,13-14H2,1-3H3/t15-,16+. The van der Waals surface area contributed by atoms with Crippen LogP contribution in [0.5, 0.6) is 5.75 Å². The first-order chi connectivity index (χ1) is 13.4. The van der Waals surface area contributed by atoms with Crippen molar-refractivity contribution in [2.75, 3.05) is 33.3 Å². The van der Waals surface area contributed by atoms with Gasteiger partial charge in [-0.2, -0.15) is 0 Å². The molecule has 7 nitrogen and oxygen atoms in total. The van der Waals surface area contributed by atoms with Crippen LogP contribution in [0.2, 0.25) is 0 Å². The molecule has 0 aliphatic carbocycles. The maximum Gasteiger partial charge on any atom is 0.240 e. The number of hydrogen-bond donors (Lipinski definition) is 2. The smallest absolute Gasteiger partial charge is 0.240 e. The van der Waals surface area contributed by atoms with Crippen LogP contribution in [0.1, 0.15) is 20.3 Å². The summed E-state index contributed by atoms with van der Waals surface area (Å²) in [5.74, 6) is 0.515. The van der Waals surface area contributed by atoms with Gasteiger partial charge in [0.1, 0.15) is 5.75 Å². The van der Waals surface area contributed by atoms with E-state index in [0.29, 0.717) is 12.3 Å². The molecule has 0 bridgehead atoms. The highest BCUT2D eigenvalue weighted by Crippen LogP contribution is 2.31. The lowest BCUT2D eigenvalue weighted by Gasteiger charge is -2.35. The Morgan fingerprint density at radius 3 is 2.64 bits per heavy atom. The van der Waals surface area contributed by atoms with Crippen LogP contribution in [-0.2, 0) is 14.8 Å². The lowest BCUT2D eigenvalue weighted by atomic mass is 10.1. The molecule has 0 unspecified atom stereocenters. The maximum absolute atomic E-state index is 12.6. The summed E-state index contributed by atoms with van der Waals surface area (Å²) in [7, 11) is -2.05. The van der Waals surface area contributed by atoms with Gasteiger partial charge in [-0.3, -0.25) is 4.90 Å². The number of nitrogens with zero attached hydrogens (tertiary/aromatic N) is 1. The Balaban J connectivity index is 1.58. The third-order valence-corrected chi connectivity index (χ3v) is 6.27. The van der Waals surface area contributed by atoms with Crippen molar-refractivity contribution in [3.63, 3.8) is 0 Å². The summed E-state index contributed by atoms with van der Waals surface area (Å²) in [6.07, 6.45) is 2.99. The third-order valence-electron chi connectivity index (χ3n) is 4.81. The van der Waals surface area contributed by atoms with Crippen molar-refractivity contribution in [2.24, 2.45) is 0 Å². The largest absolute Gasteiger partial charge is 0.496 e. The van der Waals surface area contributed by atoms with Crippen LogP contribution in [0, 0.1) is 0 Å². The molecule has 1 fully saturated rings. The van der Waals surface area contributed by atoms with Gasteiger partial charge >= 0.3 is 0 Å². The van der Waals surface area contributed by atoms with E-state index in [9.17, 15) is 8.42 Å². The predicted octanol–water partition coefficient (Wildman–Crippen LogP) is 2.47. The number of morpholine rings is 1. The number of H-pyrrole nitrogens is 1. The Morgan fingerprint density at radius 1 is 1.25 bits per heavy atom. The van der Waals surface area contributed by atoms with Gasteiger partial charge in [-0.25, -0.2) is 13.1 Å². The highest BCUT2D eigenvalue weighted by molar-refractivity contribution is 7.89. The average molecular weight is 408 g/mol. The van der Waals surface area contributed by atoms with Gasteiger partial charge in [0.25, 0.3) is 0 Å². The molecule has 2 heterocycles. The van der Waals surface area contributed by atoms with Gasteiger partial charge in [0.2, 0.25) is 10.0 Å². The molecule has 1 aliphatic rings. The second kappa shape index (κ2) is 9.09. The molecule has 8 heteroatoms. The number of methoxy groups -OCH3 is 1. The molecular formula is C20H29N3O4S. The molecular weight excluding hydrogens is 378 g/mol. The first-order valence-corrected chi connectivity index (χ1v) is 11.1. The van der Waals surface area contributed by atoms with Gasteiger partial charge in [0.05, 0.1) is 24.2 Å². The Labute approximate surface area is 167 Å². The molecule has 2 atom stereocenters. The Kier molecular flexibility index (Phi) is 6.77. The molecule has 0 spiro atoms. The van der Waals surface area contributed by atoms with E-state index in [0.717, 1.165) is 37.3 Å². The fourth-order valence-electron chi connectivity index (χ4n) is 3.62. The Hall–Kier alpha value is -1.87. The summed E-state index contributed by atoms with van der Waals surface area (Å²) in [6, 6.07) is 8.72. The first kappa shape index (κ1) is 20.9. The number of ether oxygens (including phenoxy) is 2. The van der Waals surface area contributed by atoms with E-state index in [1.165, 1.54) is 7.11 Å². The fraction of sp³-hybridized carbons (Fsp3) is 0.500. The van der Waals surface area contributed by atoms with E-state index >= 15 is 0 Å². The van der Waals surface area contributed by atoms with Crippen LogP contribution in [0.4, 0.5) is 0 Å². The van der Waals surface area contributed by atoms with E-state index in [2.05, 4.69) is 28.5 Å². The zero-order valence-electron chi connectivity index (χ0n) is 16.6. The van der Waals surface area contributed by atoms with Crippen LogP contribution in [0.25, 0.3) is 11.3 Å². The molecule has 1 aromatic heterocycles. The minimum atomic E-state index is -3.59. The highest BCUT2D eigenvalue weighted by Gasteiger charge is 2.22. The van der Waals surface area contributed by atoms with Crippen molar-refractivity contribution in [1.82, 2.24) is 14.6 Å². The normalized spacial score (nSPS) is 21.0. The fourth-order valence-corrected chi connectivity index (χ4v) is 4.71. The number of aromatic nitrogens is 1. The van der Waals surface area contributed by atoms with Crippen molar-refractivity contribution in [1.29, 1.82) is 0 Å². The molecule has 1 saturated heterocycles. The van der Waals surface area contributed by atoms with E-state index in [4.69, 9.17) is 9.47 Å². The predicted molar refractivity (Wildman–Crippen MR) is 109 cm³/mol. The number of hydrogen-bond acceptors (Lipinski definition) is 5. The summed E-state index contributed by atoms with van der Waals surface area (Å²) in [5.41, 5.74) is 1.70. The molecule has 1 aliphatic heterocycles. The second-order valence-electron chi connectivity index (χ2n) is 7.21. The van der Waals surface area contributed by atoms with Crippen LogP contribution in [0.3, 0.4) is 0 Å².